The summed E-state index contributed by atoms with van der Waals surface area (Å²) in [5.74, 6) is -0.488. The maximum absolute atomic E-state index is 13.3. The van der Waals surface area contributed by atoms with E-state index in [1.807, 2.05) is 18.4 Å². The van der Waals surface area contributed by atoms with Crippen LogP contribution in [0.15, 0.2) is 47.8 Å². The Bertz CT molecular complexity index is 796. The molecule has 0 atom stereocenters. The number of halogens is 4. The fourth-order valence-electron chi connectivity index (χ4n) is 2.28. The smallest absolute Gasteiger partial charge is 0.305 e. The number of alkyl halides is 3. The van der Waals surface area contributed by atoms with E-state index in [-0.39, 0.29) is 5.69 Å². The first-order chi connectivity index (χ1) is 10.4. The number of nitrogens with zero attached hydrogens (tertiary/aromatic N) is 1. The van der Waals surface area contributed by atoms with Crippen LogP contribution in [0, 0.1) is 12.7 Å². The van der Waals surface area contributed by atoms with E-state index in [1.54, 1.807) is 0 Å². The van der Waals surface area contributed by atoms with E-state index < -0.39 is 17.7 Å². The summed E-state index contributed by atoms with van der Waals surface area (Å²) >= 11 is 1.38. The van der Waals surface area contributed by atoms with Gasteiger partial charge in [-0.1, -0.05) is 0 Å². The van der Waals surface area contributed by atoms with Crippen molar-refractivity contribution in [3.05, 3.63) is 64.9 Å². The van der Waals surface area contributed by atoms with Crippen molar-refractivity contribution in [2.24, 2.45) is 0 Å². The quantitative estimate of drug-likeness (QED) is 0.535. The van der Waals surface area contributed by atoms with Crippen LogP contribution in [0.3, 0.4) is 0 Å². The highest BCUT2D eigenvalue weighted by Gasteiger charge is 2.35. The minimum atomic E-state index is -4.49. The second-order valence-corrected chi connectivity index (χ2v) is 5.81. The summed E-state index contributed by atoms with van der Waals surface area (Å²) in [5, 5.41) is 1.88. The Balaban J connectivity index is 2.24. The Hall–Kier alpha value is -2.08. The Labute approximate surface area is 128 Å². The van der Waals surface area contributed by atoms with Crippen molar-refractivity contribution in [1.29, 1.82) is 0 Å². The lowest BCUT2D eigenvalue weighted by Gasteiger charge is -2.15. The molecule has 0 aliphatic rings. The summed E-state index contributed by atoms with van der Waals surface area (Å²) in [6, 6.07) is 9.31. The lowest BCUT2D eigenvalue weighted by molar-refractivity contribution is -0.142. The van der Waals surface area contributed by atoms with Crippen LogP contribution in [0.5, 0.6) is 0 Å². The number of hydrogen-bond acceptors (Lipinski definition) is 1. The van der Waals surface area contributed by atoms with Gasteiger partial charge in [-0.25, -0.2) is 4.39 Å². The number of aryl methyl sites for hydroxylation is 1. The lowest BCUT2D eigenvalue weighted by Crippen LogP contribution is -2.12. The van der Waals surface area contributed by atoms with Gasteiger partial charge in [-0.2, -0.15) is 13.2 Å². The molecule has 22 heavy (non-hydrogen) atoms. The summed E-state index contributed by atoms with van der Waals surface area (Å²) in [6.07, 6.45) is -4.49. The molecule has 3 rings (SSSR count). The van der Waals surface area contributed by atoms with E-state index in [0.717, 1.165) is 33.2 Å². The normalized spacial score (nSPS) is 11.9. The SMILES string of the molecule is Cc1csc(-c2ccc(C(F)(F)F)n2-c2ccc(F)cc2)c1. The molecule has 2 heterocycles. The van der Waals surface area contributed by atoms with Gasteiger partial charge in [0.1, 0.15) is 11.5 Å². The van der Waals surface area contributed by atoms with Crippen molar-refractivity contribution in [2.45, 2.75) is 13.1 Å². The second-order valence-electron chi connectivity index (χ2n) is 4.90. The maximum atomic E-state index is 13.3. The van der Waals surface area contributed by atoms with Gasteiger partial charge in [0, 0.05) is 5.69 Å². The summed E-state index contributed by atoms with van der Waals surface area (Å²) in [7, 11) is 0. The summed E-state index contributed by atoms with van der Waals surface area (Å²) in [5.41, 5.74) is 0.928. The minimum Gasteiger partial charge on any atom is -0.305 e. The number of rotatable bonds is 2. The molecule has 1 aromatic carbocycles. The molecule has 0 spiro atoms. The fraction of sp³-hybridized carbons (Fsp3) is 0.125. The maximum Gasteiger partial charge on any atom is 0.431 e. The van der Waals surface area contributed by atoms with Crippen molar-refractivity contribution in [1.82, 2.24) is 4.57 Å². The number of hydrogen-bond donors (Lipinski definition) is 0. The van der Waals surface area contributed by atoms with Gasteiger partial charge in [0.05, 0.1) is 10.6 Å². The molecule has 0 radical (unpaired) electrons. The van der Waals surface area contributed by atoms with Crippen LogP contribution >= 0.6 is 11.3 Å². The van der Waals surface area contributed by atoms with Gasteiger partial charge in [-0.15, -0.1) is 11.3 Å². The highest BCUT2D eigenvalue weighted by Crippen LogP contribution is 2.38. The van der Waals surface area contributed by atoms with Crippen molar-refractivity contribution in [3.63, 3.8) is 0 Å². The van der Waals surface area contributed by atoms with Crippen LogP contribution < -0.4 is 0 Å². The third kappa shape index (κ3) is 2.66. The van der Waals surface area contributed by atoms with Crippen molar-refractivity contribution in [2.75, 3.05) is 0 Å². The van der Waals surface area contributed by atoms with Crippen LogP contribution in [0.25, 0.3) is 16.3 Å². The summed E-state index contributed by atoms with van der Waals surface area (Å²) in [6.45, 7) is 1.88. The fourth-order valence-corrected chi connectivity index (χ4v) is 3.20. The molecule has 0 N–H and O–H groups in total. The first-order valence-corrected chi connectivity index (χ1v) is 7.34. The molecule has 0 aliphatic heterocycles. The van der Waals surface area contributed by atoms with Crippen LogP contribution in [0.1, 0.15) is 11.3 Å². The largest absolute Gasteiger partial charge is 0.431 e. The van der Waals surface area contributed by atoms with Crippen molar-refractivity contribution >= 4 is 11.3 Å². The Kier molecular flexibility index (Phi) is 3.56. The van der Waals surface area contributed by atoms with Crippen LogP contribution in [0.2, 0.25) is 0 Å². The van der Waals surface area contributed by atoms with E-state index in [9.17, 15) is 17.6 Å². The summed E-state index contributed by atoms with van der Waals surface area (Å²) in [4.78, 5) is 0.734. The molecule has 0 amide bonds. The highest BCUT2D eigenvalue weighted by atomic mass is 32.1. The predicted octanol–water partition coefficient (Wildman–Crippen LogP) is 5.67. The number of benzene rings is 1. The van der Waals surface area contributed by atoms with Gasteiger partial charge in [0.2, 0.25) is 0 Å². The Morgan fingerprint density at radius 1 is 1.00 bits per heavy atom. The molecule has 0 aliphatic carbocycles. The molecule has 0 unspecified atom stereocenters. The standard InChI is InChI=1S/C16H11F4NS/c1-10-8-14(22-9-10)13-6-7-15(16(18,19)20)21(13)12-4-2-11(17)3-5-12/h2-9H,1H3. The van der Waals surface area contributed by atoms with Crippen molar-refractivity contribution in [3.8, 4) is 16.3 Å². The van der Waals surface area contributed by atoms with Gasteiger partial charge >= 0.3 is 6.18 Å². The summed E-state index contributed by atoms with van der Waals surface area (Å²) < 4.78 is 53.9. The molecule has 114 valence electrons. The topological polar surface area (TPSA) is 4.93 Å². The van der Waals surface area contributed by atoms with Gasteiger partial charge in [-0.05, 0) is 60.3 Å². The molecule has 3 aromatic rings. The molecular formula is C16H11F4NS. The molecule has 0 saturated carbocycles. The van der Waals surface area contributed by atoms with E-state index in [0.29, 0.717) is 5.69 Å². The Morgan fingerprint density at radius 2 is 1.68 bits per heavy atom. The average Bonchev–Trinajstić information content (AvgIpc) is 3.04. The van der Waals surface area contributed by atoms with Gasteiger partial charge in [-0.3, -0.25) is 0 Å². The van der Waals surface area contributed by atoms with E-state index in [1.165, 1.54) is 29.5 Å². The number of thiophene rings is 1. The van der Waals surface area contributed by atoms with Gasteiger partial charge < -0.3 is 4.57 Å². The Morgan fingerprint density at radius 3 is 2.23 bits per heavy atom. The molecule has 0 fully saturated rings. The first kappa shape index (κ1) is 14.8. The molecule has 0 saturated heterocycles. The lowest BCUT2D eigenvalue weighted by atomic mass is 10.2. The molecule has 2 aromatic heterocycles. The van der Waals surface area contributed by atoms with Crippen LogP contribution in [-0.4, -0.2) is 4.57 Å². The average molecular weight is 325 g/mol. The third-order valence-electron chi connectivity index (χ3n) is 3.24. The molecule has 0 bridgehead atoms. The second kappa shape index (κ2) is 5.28. The predicted molar refractivity (Wildman–Crippen MR) is 78.8 cm³/mol. The molecule has 6 heteroatoms. The molecule has 1 nitrogen and oxygen atoms in total. The zero-order chi connectivity index (χ0) is 15.9. The van der Waals surface area contributed by atoms with Gasteiger partial charge in [0.15, 0.2) is 0 Å². The number of aromatic nitrogens is 1. The van der Waals surface area contributed by atoms with Crippen molar-refractivity contribution < 1.29 is 17.6 Å². The van der Waals surface area contributed by atoms with Gasteiger partial charge in [0.25, 0.3) is 0 Å². The zero-order valence-electron chi connectivity index (χ0n) is 11.5. The minimum absolute atomic E-state index is 0.278. The van der Waals surface area contributed by atoms with E-state index in [2.05, 4.69) is 0 Å². The zero-order valence-corrected chi connectivity index (χ0v) is 12.3. The van der Waals surface area contributed by atoms with E-state index in [4.69, 9.17) is 0 Å². The third-order valence-corrected chi connectivity index (χ3v) is 4.31. The van der Waals surface area contributed by atoms with E-state index >= 15 is 0 Å². The highest BCUT2D eigenvalue weighted by molar-refractivity contribution is 7.13. The van der Waals surface area contributed by atoms with Crippen LogP contribution in [-0.2, 0) is 6.18 Å². The molecular weight excluding hydrogens is 314 g/mol. The monoisotopic (exact) mass is 325 g/mol. The van der Waals surface area contributed by atoms with Crippen LogP contribution in [0.4, 0.5) is 17.6 Å². The first-order valence-electron chi connectivity index (χ1n) is 6.46.